The normalized spacial score (nSPS) is 29.3. The molecule has 1 heterocycles. The highest BCUT2D eigenvalue weighted by molar-refractivity contribution is 5.26. The first-order valence-corrected chi connectivity index (χ1v) is 7.58. The van der Waals surface area contributed by atoms with Crippen LogP contribution in [0.5, 0.6) is 5.75 Å². The Morgan fingerprint density at radius 2 is 2.12 bits per heavy atom. The van der Waals surface area contributed by atoms with E-state index < -0.39 is 30.3 Å². The molecule has 0 aromatic heterocycles. The first-order valence-electron chi connectivity index (χ1n) is 7.58. The van der Waals surface area contributed by atoms with E-state index in [1.54, 1.807) is 14.0 Å². The van der Waals surface area contributed by atoms with Gasteiger partial charge in [-0.2, -0.15) is 5.26 Å². The highest BCUT2D eigenvalue weighted by atomic mass is 16.5. The van der Waals surface area contributed by atoms with Crippen molar-refractivity contribution in [1.82, 2.24) is 0 Å². The summed E-state index contributed by atoms with van der Waals surface area (Å²) >= 11 is 0. The monoisotopic (exact) mass is 332 g/mol. The van der Waals surface area contributed by atoms with E-state index in [2.05, 4.69) is 10.0 Å². The number of hydrogen-bond acceptors (Lipinski definition) is 6. The van der Waals surface area contributed by atoms with Gasteiger partial charge in [0.1, 0.15) is 11.9 Å². The molecule has 2 unspecified atom stereocenters. The molecule has 1 N–H and O–H groups in total. The molecule has 0 bridgehead atoms. The average molecular weight is 332 g/mol. The molecule has 1 fully saturated rings. The van der Waals surface area contributed by atoms with Gasteiger partial charge in [0, 0.05) is 10.8 Å². The Labute approximate surface area is 140 Å². The molecule has 2 rings (SSSR count). The van der Waals surface area contributed by atoms with Gasteiger partial charge in [-0.25, -0.2) is 0 Å². The van der Waals surface area contributed by atoms with Gasteiger partial charge < -0.3 is 19.3 Å². The maximum Gasteiger partial charge on any atom is 0.149 e. The second-order valence-electron chi connectivity index (χ2n) is 5.63. The van der Waals surface area contributed by atoms with E-state index in [1.165, 1.54) is 0 Å². The van der Waals surface area contributed by atoms with Crippen molar-refractivity contribution in [3.05, 3.63) is 40.3 Å². The molecule has 1 aromatic carbocycles. The van der Waals surface area contributed by atoms with Gasteiger partial charge in [-0.3, -0.25) is 0 Å². The number of nitriles is 1. The lowest BCUT2D eigenvalue weighted by atomic mass is 9.87. The third-order valence-electron chi connectivity index (χ3n) is 4.09. The number of hydrogen-bond donors (Lipinski definition) is 1. The van der Waals surface area contributed by atoms with Gasteiger partial charge in [0.2, 0.25) is 0 Å². The van der Waals surface area contributed by atoms with Crippen LogP contribution in [0.2, 0.25) is 0 Å². The van der Waals surface area contributed by atoms with Crippen molar-refractivity contribution in [1.29, 1.82) is 5.26 Å². The molecule has 0 amide bonds. The van der Waals surface area contributed by atoms with Crippen LogP contribution in [0.15, 0.2) is 29.4 Å². The maximum atomic E-state index is 10.2. The Balaban J connectivity index is 1.97. The van der Waals surface area contributed by atoms with Crippen LogP contribution in [0.4, 0.5) is 0 Å². The molecule has 8 nitrogen and oxygen atoms in total. The zero-order chi connectivity index (χ0) is 17.5. The predicted octanol–water partition coefficient (Wildman–Crippen LogP) is 2.18. The minimum absolute atomic E-state index is 0.109. The van der Waals surface area contributed by atoms with Crippen molar-refractivity contribution in [3.8, 4) is 11.8 Å². The van der Waals surface area contributed by atoms with Crippen LogP contribution in [0, 0.1) is 17.2 Å². The molecule has 0 aliphatic carbocycles. The highest BCUT2D eigenvalue weighted by Crippen LogP contribution is 2.28. The molecule has 5 atom stereocenters. The molecule has 0 spiro atoms. The highest BCUT2D eigenvalue weighted by Gasteiger charge is 2.42. The van der Waals surface area contributed by atoms with Gasteiger partial charge in [0.25, 0.3) is 0 Å². The molecule has 8 heteroatoms. The Morgan fingerprint density at radius 1 is 1.42 bits per heavy atom. The fourth-order valence-electron chi connectivity index (χ4n) is 2.61. The number of nitrogens with zero attached hydrogens (tertiary/aromatic N) is 4. The fraction of sp³-hybridized carbons (Fsp3) is 0.562. The number of ether oxygens (including phenoxy) is 3. The van der Waals surface area contributed by atoms with Crippen LogP contribution in [-0.4, -0.2) is 43.2 Å². The number of azide groups is 1. The minimum Gasteiger partial charge on any atom is -0.497 e. The first-order chi connectivity index (χ1) is 11.6. The van der Waals surface area contributed by atoms with E-state index in [-0.39, 0.29) is 6.61 Å². The van der Waals surface area contributed by atoms with Crippen molar-refractivity contribution in [2.75, 3.05) is 13.7 Å². The fourth-order valence-corrected chi connectivity index (χ4v) is 2.61. The summed E-state index contributed by atoms with van der Waals surface area (Å²) in [4.78, 5) is 2.76. The Kier molecular flexibility index (Phi) is 6.41. The number of aliphatic hydroxyl groups excluding tert-OH is 1. The molecule has 1 aliphatic heterocycles. The molecule has 128 valence electrons. The smallest absolute Gasteiger partial charge is 0.149 e. The number of benzene rings is 1. The second kappa shape index (κ2) is 8.52. The third-order valence-corrected chi connectivity index (χ3v) is 4.09. The number of methoxy groups -OCH3 is 1. The third kappa shape index (κ3) is 4.16. The van der Waals surface area contributed by atoms with Gasteiger partial charge >= 0.3 is 0 Å². The van der Waals surface area contributed by atoms with Crippen LogP contribution in [0.1, 0.15) is 12.5 Å². The van der Waals surface area contributed by atoms with Crippen molar-refractivity contribution in [2.45, 2.75) is 37.9 Å². The minimum atomic E-state index is -0.950. The average Bonchev–Trinajstić information content (AvgIpc) is 2.61. The molecular weight excluding hydrogens is 312 g/mol. The van der Waals surface area contributed by atoms with E-state index in [0.717, 1.165) is 11.3 Å². The van der Waals surface area contributed by atoms with Crippen LogP contribution in [0.25, 0.3) is 10.4 Å². The molecule has 1 saturated heterocycles. The van der Waals surface area contributed by atoms with Crippen molar-refractivity contribution < 1.29 is 19.3 Å². The molecule has 0 saturated carbocycles. The zero-order valence-electron chi connectivity index (χ0n) is 13.6. The lowest BCUT2D eigenvalue weighted by molar-refractivity contribution is -0.143. The van der Waals surface area contributed by atoms with Gasteiger partial charge in [-0.15, -0.1) is 0 Å². The van der Waals surface area contributed by atoms with Gasteiger partial charge in [-0.1, -0.05) is 24.2 Å². The molecule has 24 heavy (non-hydrogen) atoms. The molecular formula is C16H20N4O4. The van der Waals surface area contributed by atoms with Crippen molar-refractivity contribution >= 4 is 0 Å². The second-order valence-corrected chi connectivity index (χ2v) is 5.63. The summed E-state index contributed by atoms with van der Waals surface area (Å²) in [6.07, 6.45) is -2.39. The molecule has 1 aliphatic rings. The van der Waals surface area contributed by atoms with Crippen LogP contribution in [-0.2, 0) is 16.1 Å². The Bertz CT molecular complexity index is 624. The van der Waals surface area contributed by atoms with E-state index in [1.807, 2.05) is 30.3 Å². The van der Waals surface area contributed by atoms with E-state index >= 15 is 0 Å². The zero-order valence-corrected chi connectivity index (χ0v) is 13.6. The van der Waals surface area contributed by atoms with E-state index in [9.17, 15) is 5.11 Å². The van der Waals surface area contributed by atoms with Gasteiger partial charge in [-0.05, 0) is 23.2 Å². The quantitative estimate of drug-likeness (QED) is 0.486. The van der Waals surface area contributed by atoms with Crippen LogP contribution >= 0.6 is 0 Å². The lowest BCUT2D eigenvalue weighted by Gasteiger charge is -2.39. The summed E-state index contributed by atoms with van der Waals surface area (Å²) in [5, 5.41) is 23.0. The summed E-state index contributed by atoms with van der Waals surface area (Å²) in [5.41, 5.74) is 9.63. The number of rotatable bonds is 6. The Morgan fingerprint density at radius 3 is 2.71 bits per heavy atom. The Hall–Kier alpha value is -2.30. The van der Waals surface area contributed by atoms with Gasteiger partial charge in [0.15, 0.2) is 0 Å². The summed E-state index contributed by atoms with van der Waals surface area (Å²) in [5.74, 6) is 0.315. The summed E-state index contributed by atoms with van der Waals surface area (Å²) in [7, 11) is 1.60. The van der Waals surface area contributed by atoms with Crippen LogP contribution in [0.3, 0.4) is 0 Å². The van der Waals surface area contributed by atoms with Crippen LogP contribution < -0.4 is 4.74 Å². The molecule has 1 aromatic rings. The first kappa shape index (κ1) is 18.0. The standard InChI is InChI=1S/C16H20N4O4/c1-10-13(7-17)24-14(15(16(10)21)19-20-18)9-23-8-11-3-5-12(22-2)6-4-11/h3-6,10,13-16,21H,8-9H2,1-2H3/t10?,13-,14?,15-,16+/m0/s1. The predicted molar refractivity (Wildman–Crippen MR) is 85.0 cm³/mol. The summed E-state index contributed by atoms with van der Waals surface area (Å²) in [6, 6.07) is 8.63. The SMILES string of the molecule is COc1ccc(COCC2O[C@@H](C#N)C(C)[C@@H](O)[C@H]2N=[N+]=[N-])cc1. The van der Waals surface area contributed by atoms with E-state index in [0.29, 0.717) is 6.61 Å². The van der Waals surface area contributed by atoms with Crippen molar-refractivity contribution in [3.63, 3.8) is 0 Å². The maximum absolute atomic E-state index is 10.2. The van der Waals surface area contributed by atoms with Crippen molar-refractivity contribution in [2.24, 2.45) is 11.0 Å². The number of aliphatic hydroxyl groups is 1. The summed E-state index contributed by atoms with van der Waals surface area (Å²) in [6.45, 7) is 2.13. The largest absolute Gasteiger partial charge is 0.497 e. The summed E-state index contributed by atoms with van der Waals surface area (Å²) < 4.78 is 16.3. The topological polar surface area (TPSA) is 120 Å². The van der Waals surface area contributed by atoms with Gasteiger partial charge in [0.05, 0.1) is 44.6 Å². The lowest BCUT2D eigenvalue weighted by Crippen LogP contribution is -2.53. The van der Waals surface area contributed by atoms with E-state index in [4.69, 9.17) is 25.0 Å². The molecule has 0 radical (unpaired) electrons.